The number of carbonyl (C=O) groups is 1. The number of ether oxygens (including phenoxy) is 1. The molecular formula is C14H25NO3. The fourth-order valence-electron chi connectivity index (χ4n) is 3.35. The molecule has 0 aromatic heterocycles. The van der Waals surface area contributed by atoms with Crippen LogP contribution in [0.3, 0.4) is 0 Å². The van der Waals surface area contributed by atoms with E-state index in [9.17, 15) is 4.79 Å². The first-order chi connectivity index (χ1) is 8.54. The van der Waals surface area contributed by atoms with Gasteiger partial charge in [-0.05, 0) is 50.9 Å². The summed E-state index contributed by atoms with van der Waals surface area (Å²) in [4.78, 5) is 11.1. The van der Waals surface area contributed by atoms with E-state index < -0.39 is 5.97 Å². The molecule has 2 aliphatic rings. The van der Waals surface area contributed by atoms with E-state index in [4.69, 9.17) is 15.6 Å². The maximum Gasteiger partial charge on any atom is 0.306 e. The molecular weight excluding hydrogens is 230 g/mol. The molecule has 4 heteroatoms. The fourth-order valence-corrected chi connectivity index (χ4v) is 3.35. The molecule has 0 amide bonds. The quantitative estimate of drug-likeness (QED) is 0.810. The van der Waals surface area contributed by atoms with Gasteiger partial charge in [0.2, 0.25) is 0 Å². The van der Waals surface area contributed by atoms with Gasteiger partial charge >= 0.3 is 5.97 Å². The molecule has 0 saturated heterocycles. The molecule has 0 aromatic rings. The molecule has 0 spiro atoms. The standard InChI is InChI=1S/C14H25NO3/c1-9-6-10(14(16)17)8-13(7-9)18-12-4-2-11(15)3-5-12/h9-13H,2-8,15H2,1H3,(H,16,17). The highest BCUT2D eigenvalue weighted by atomic mass is 16.5. The van der Waals surface area contributed by atoms with Crippen LogP contribution in [0.15, 0.2) is 0 Å². The second-order valence-corrected chi connectivity index (χ2v) is 6.14. The lowest BCUT2D eigenvalue weighted by atomic mass is 9.80. The van der Waals surface area contributed by atoms with Crippen LogP contribution >= 0.6 is 0 Å². The minimum absolute atomic E-state index is 0.133. The van der Waals surface area contributed by atoms with Crippen molar-refractivity contribution in [3.8, 4) is 0 Å². The van der Waals surface area contributed by atoms with E-state index in [1.807, 2.05) is 0 Å². The van der Waals surface area contributed by atoms with Crippen molar-refractivity contribution in [2.75, 3.05) is 0 Å². The summed E-state index contributed by atoms with van der Waals surface area (Å²) in [6.07, 6.45) is 7.06. The van der Waals surface area contributed by atoms with Gasteiger partial charge in [0.1, 0.15) is 0 Å². The summed E-state index contributed by atoms with van der Waals surface area (Å²) in [7, 11) is 0. The van der Waals surface area contributed by atoms with E-state index in [-0.39, 0.29) is 12.0 Å². The third-order valence-electron chi connectivity index (χ3n) is 4.35. The van der Waals surface area contributed by atoms with Gasteiger partial charge in [-0.1, -0.05) is 6.92 Å². The largest absolute Gasteiger partial charge is 0.481 e. The van der Waals surface area contributed by atoms with Crippen molar-refractivity contribution in [2.24, 2.45) is 17.6 Å². The van der Waals surface area contributed by atoms with Gasteiger partial charge in [0, 0.05) is 6.04 Å². The second kappa shape index (κ2) is 6.02. The summed E-state index contributed by atoms with van der Waals surface area (Å²) in [5, 5.41) is 9.14. The molecule has 3 N–H and O–H groups in total. The predicted octanol–water partition coefficient (Wildman–Crippen LogP) is 2.16. The Morgan fingerprint density at radius 3 is 2.39 bits per heavy atom. The van der Waals surface area contributed by atoms with Crippen LogP contribution in [0.25, 0.3) is 0 Å². The molecule has 2 aliphatic carbocycles. The highest BCUT2D eigenvalue weighted by Gasteiger charge is 2.33. The van der Waals surface area contributed by atoms with Gasteiger partial charge in [-0.25, -0.2) is 0 Å². The van der Waals surface area contributed by atoms with Crippen molar-refractivity contribution >= 4 is 5.97 Å². The first-order valence-electron chi connectivity index (χ1n) is 7.18. The van der Waals surface area contributed by atoms with Crippen molar-refractivity contribution in [3.05, 3.63) is 0 Å². The maximum atomic E-state index is 11.1. The number of aliphatic carboxylic acids is 1. The molecule has 104 valence electrons. The van der Waals surface area contributed by atoms with Crippen LogP contribution in [-0.2, 0) is 9.53 Å². The SMILES string of the molecule is CC1CC(OC2CCC(N)CC2)CC(C(=O)O)C1. The highest BCUT2D eigenvalue weighted by molar-refractivity contribution is 5.70. The number of carboxylic acids is 1. The van der Waals surface area contributed by atoms with Gasteiger partial charge in [0.25, 0.3) is 0 Å². The van der Waals surface area contributed by atoms with E-state index in [0.29, 0.717) is 24.5 Å². The molecule has 0 radical (unpaired) electrons. The van der Waals surface area contributed by atoms with Crippen LogP contribution in [0, 0.1) is 11.8 Å². The molecule has 4 nitrogen and oxygen atoms in total. The van der Waals surface area contributed by atoms with Crippen molar-refractivity contribution < 1.29 is 14.6 Å². The number of hydrogen-bond acceptors (Lipinski definition) is 3. The van der Waals surface area contributed by atoms with Crippen molar-refractivity contribution in [1.82, 2.24) is 0 Å². The third-order valence-corrected chi connectivity index (χ3v) is 4.35. The Balaban J connectivity index is 1.83. The van der Waals surface area contributed by atoms with Crippen LogP contribution < -0.4 is 5.73 Å². The molecule has 2 saturated carbocycles. The Hall–Kier alpha value is -0.610. The normalized spacial score (nSPS) is 41.6. The maximum absolute atomic E-state index is 11.1. The second-order valence-electron chi connectivity index (χ2n) is 6.14. The van der Waals surface area contributed by atoms with Crippen molar-refractivity contribution in [3.63, 3.8) is 0 Å². The van der Waals surface area contributed by atoms with Gasteiger partial charge < -0.3 is 15.6 Å². The zero-order chi connectivity index (χ0) is 13.1. The van der Waals surface area contributed by atoms with Crippen LogP contribution in [0.2, 0.25) is 0 Å². The number of nitrogens with two attached hydrogens (primary N) is 1. The van der Waals surface area contributed by atoms with Crippen molar-refractivity contribution in [2.45, 2.75) is 70.1 Å². The van der Waals surface area contributed by atoms with Crippen LogP contribution in [0.5, 0.6) is 0 Å². The summed E-state index contributed by atoms with van der Waals surface area (Å²) < 4.78 is 6.11. The van der Waals surface area contributed by atoms with E-state index in [1.165, 1.54) is 0 Å². The summed E-state index contributed by atoms with van der Waals surface area (Å²) in [6.45, 7) is 2.13. The minimum atomic E-state index is -0.666. The molecule has 2 fully saturated rings. The lowest BCUT2D eigenvalue weighted by Gasteiger charge is -2.35. The first-order valence-corrected chi connectivity index (χ1v) is 7.18. The predicted molar refractivity (Wildman–Crippen MR) is 69.2 cm³/mol. The molecule has 3 atom stereocenters. The Morgan fingerprint density at radius 1 is 1.11 bits per heavy atom. The van der Waals surface area contributed by atoms with Gasteiger partial charge in [0.15, 0.2) is 0 Å². The van der Waals surface area contributed by atoms with Gasteiger partial charge in [-0.3, -0.25) is 4.79 Å². The summed E-state index contributed by atoms with van der Waals surface area (Å²) in [6, 6.07) is 0.335. The van der Waals surface area contributed by atoms with Crippen LogP contribution in [0.4, 0.5) is 0 Å². The zero-order valence-corrected chi connectivity index (χ0v) is 11.2. The third kappa shape index (κ3) is 3.69. The first kappa shape index (κ1) is 13.8. The van der Waals surface area contributed by atoms with Crippen LogP contribution in [0.1, 0.15) is 51.9 Å². The summed E-state index contributed by atoms with van der Waals surface area (Å²) in [5.74, 6) is -0.430. The van der Waals surface area contributed by atoms with Gasteiger partial charge in [-0.2, -0.15) is 0 Å². The highest BCUT2D eigenvalue weighted by Crippen LogP contribution is 2.33. The summed E-state index contributed by atoms with van der Waals surface area (Å²) >= 11 is 0. The van der Waals surface area contributed by atoms with E-state index in [0.717, 1.165) is 38.5 Å². The molecule has 2 rings (SSSR count). The minimum Gasteiger partial charge on any atom is -0.481 e. The molecule has 18 heavy (non-hydrogen) atoms. The average Bonchev–Trinajstić information content (AvgIpc) is 2.31. The van der Waals surface area contributed by atoms with Gasteiger partial charge in [-0.15, -0.1) is 0 Å². The number of rotatable bonds is 3. The smallest absolute Gasteiger partial charge is 0.306 e. The fraction of sp³-hybridized carbons (Fsp3) is 0.929. The Kier molecular flexibility index (Phi) is 4.62. The molecule has 0 aliphatic heterocycles. The lowest BCUT2D eigenvalue weighted by Crippen LogP contribution is -2.37. The van der Waals surface area contributed by atoms with E-state index in [1.54, 1.807) is 0 Å². The van der Waals surface area contributed by atoms with E-state index >= 15 is 0 Å². The monoisotopic (exact) mass is 255 g/mol. The Morgan fingerprint density at radius 2 is 1.78 bits per heavy atom. The summed E-state index contributed by atoms with van der Waals surface area (Å²) in [5.41, 5.74) is 5.88. The van der Waals surface area contributed by atoms with E-state index in [2.05, 4.69) is 6.92 Å². The van der Waals surface area contributed by atoms with Crippen LogP contribution in [-0.4, -0.2) is 29.3 Å². The number of carboxylic acid groups (broad SMARTS) is 1. The Bertz CT molecular complexity index is 287. The lowest BCUT2D eigenvalue weighted by molar-refractivity contribution is -0.147. The van der Waals surface area contributed by atoms with Crippen molar-refractivity contribution in [1.29, 1.82) is 0 Å². The topological polar surface area (TPSA) is 72.5 Å². The molecule has 0 aromatic carbocycles. The molecule has 3 unspecified atom stereocenters. The van der Waals surface area contributed by atoms with Gasteiger partial charge in [0.05, 0.1) is 18.1 Å². The molecule has 0 heterocycles. The molecule has 0 bridgehead atoms. The average molecular weight is 255 g/mol. The Labute approximate surface area is 109 Å². The zero-order valence-electron chi connectivity index (χ0n) is 11.2. The number of hydrogen-bond donors (Lipinski definition) is 2.